The zero-order chi connectivity index (χ0) is 49.7. The van der Waals surface area contributed by atoms with Crippen LogP contribution in [0.25, 0.3) is 100 Å². The van der Waals surface area contributed by atoms with Crippen LogP contribution in [0.4, 0.5) is 0 Å². The largest absolute Gasteiger partial charge is 0.309 e. The normalized spacial score (nSPS) is 11.7. The molecule has 0 radical (unpaired) electrons. The van der Waals surface area contributed by atoms with Crippen molar-refractivity contribution < 1.29 is 0 Å². The molecule has 0 unspecified atom stereocenters. The second-order valence-electron chi connectivity index (χ2n) is 19.3. The van der Waals surface area contributed by atoms with Gasteiger partial charge in [0.1, 0.15) is 5.82 Å². The molecule has 0 N–H and O–H groups in total. The zero-order valence-corrected chi connectivity index (χ0v) is 42.0. The van der Waals surface area contributed by atoms with Crippen molar-refractivity contribution in [2.24, 2.45) is 0 Å². The van der Waals surface area contributed by atoms with Crippen LogP contribution in [0.1, 0.15) is 0 Å². The highest BCUT2D eigenvalue weighted by molar-refractivity contribution is 7.19. The highest BCUT2D eigenvalue weighted by atomic mass is 28.3. The van der Waals surface area contributed by atoms with E-state index in [9.17, 15) is 0 Å². The summed E-state index contributed by atoms with van der Waals surface area (Å²) in [6, 6.07) is 106. The highest BCUT2D eigenvalue weighted by Crippen LogP contribution is 2.39. The number of benzene rings is 11. The molecule has 5 heteroatoms. The fourth-order valence-electron chi connectivity index (χ4n) is 11.7. The van der Waals surface area contributed by atoms with E-state index in [1.54, 1.807) is 0 Å². The number of rotatable bonds is 10. The smallest absolute Gasteiger partial charge is 0.179 e. The average molecular weight is 973 g/mol. The Morgan fingerprint density at radius 3 is 1.20 bits per heavy atom. The molecule has 14 aromatic rings. The van der Waals surface area contributed by atoms with Gasteiger partial charge in [-0.1, -0.05) is 231 Å². The molecule has 3 aromatic heterocycles. The molecule has 0 aliphatic heterocycles. The Kier molecular flexibility index (Phi) is 10.8. The summed E-state index contributed by atoms with van der Waals surface area (Å²) < 4.78 is 4.74. The summed E-state index contributed by atoms with van der Waals surface area (Å²) in [6.45, 7) is 0. The van der Waals surface area contributed by atoms with E-state index in [2.05, 4.69) is 300 Å². The van der Waals surface area contributed by atoms with Gasteiger partial charge in [-0.15, -0.1) is 0 Å². The number of para-hydroxylation sites is 3. The van der Waals surface area contributed by atoms with Crippen LogP contribution in [0.2, 0.25) is 0 Å². The third kappa shape index (κ3) is 7.51. The van der Waals surface area contributed by atoms with Gasteiger partial charge in [0.15, 0.2) is 13.9 Å². The number of hydrogen-bond donors (Lipinski definition) is 0. The molecular weight excluding hydrogens is 925 g/mol. The first-order chi connectivity index (χ1) is 37.2. The minimum Gasteiger partial charge on any atom is -0.309 e. The van der Waals surface area contributed by atoms with E-state index in [4.69, 9.17) is 9.97 Å². The van der Waals surface area contributed by atoms with Gasteiger partial charge in [0.2, 0.25) is 0 Å². The van der Waals surface area contributed by atoms with Crippen LogP contribution in [0.3, 0.4) is 0 Å². The predicted molar refractivity (Wildman–Crippen MR) is 316 cm³/mol. The third-order valence-electron chi connectivity index (χ3n) is 15.1. The van der Waals surface area contributed by atoms with Crippen LogP contribution in [-0.2, 0) is 0 Å². The molecule has 0 bridgehead atoms. The maximum Gasteiger partial charge on any atom is 0.179 e. The molecule has 0 aliphatic rings. The molecule has 0 spiro atoms. The lowest BCUT2D eigenvalue weighted by Gasteiger charge is -2.34. The maximum atomic E-state index is 5.66. The number of fused-ring (bicyclic) bond motifs is 6. The number of hydrogen-bond acceptors (Lipinski definition) is 2. The van der Waals surface area contributed by atoms with Crippen LogP contribution >= 0.6 is 0 Å². The van der Waals surface area contributed by atoms with Gasteiger partial charge in [-0.2, -0.15) is 0 Å². The lowest BCUT2D eigenvalue weighted by molar-refractivity contribution is 1.05. The molecule has 4 nitrogen and oxygen atoms in total. The zero-order valence-electron chi connectivity index (χ0n) is 41.0. The lowest BCUT2D eigenvalue weighted by atomic mass is 9.96. The first-order valence-electron chi connectivity index (χ1n) is 25.6. The molecule has 352 valence electrons. The lowest BCUT2D eigenvalue weighted by Crippen LogP contribution is -2.74. The summed E-state index contributed by atoms with van der Waals surface area (Å²) in [5.74, 6) is 1.44. The predicted octanol–water partition coefficient (Wildman–Crippen LogP) is 14.7. The van der Waals surface area contributed by atoms with E-state index in [0.717, 1.165) is 72.4 Å². The Morgan fingerprint density at radius 1 is 0.253 bits per heavy atom. The molecular formula is C70H48N4Si. The average Bonchev–Trinajstić information content (AvgIpc) is 4.04. The summed E-state index contributed by atoms with van der Waals surface area (Å²) in [5, 5.41) is 10.0. The van der Waals surface area contributed by atoms with Crippen molar-refractivity contribution in [1.29, 1.82) is 0 Å². The molecule has 11 aromatic carbocycles. The first kappa shape index (κ1) is 44.1. The summed E-state index contributed by atoms with van der Waals surface area (Å²) >= 11 is 0. The summed E-state index contributed by atoms with van der Waals surface area (Å²) in [4.78, 5) is 11.3. The van der Waals surface area contributed by atoms with Crippen LogP contribution < -0.4 is 20.7 Å². The van der Waals surface area contributed by atoms with Crippen molar-refractivity contribution in [3.8, 4) is 56.4 Å². The van der Waals surface area contributed by atoms with Gasteiger partial charge in [0, 0.05) is 44.4 Å². The fraction of sp³-hybridized carbons (Fsp3) is 0. The minimum atomic E-state index is -2.88. The quantitative estimate of drug-likeness (QED) is 0.101. The van der Waals surface area contributed by atoms with Crippen LogP contribution in [0.15, 0.2) is 291 Å². The Morgan fingerprint density at radius 2 is 0.667 bits per heavy atom. The highest BCUT2D eigenvalue weighted by Gasteiger charge is 2.41. The summed E-state index contributed by atoms with van der Waals surface area (Å²) in [7, 11) is -2.88. The molecule has 0 saturated carbocycles. The van der Waals surface area contributed by atoms with E-state index in [1.165, 1.54) is 42.6 Å². The SMILES string of the molecule is c1ccc(-c2cc(-c3ccccc3)cc(-c3nc(-c4cccc([Si](c5ccccc5)(c5ccccc5)c5ccccc5)c4)cc(-n4c5ccccc5c5cc(-n6c7ccccc7c7ccccc76)ccc54)n3)c2)cc1. The second-order valence-corrected chi connectivity index (χ2v) is 23.1. The molecule has 75 heavy (non-hydrogen) atoms. The molecule has 0 atom stereocenters. The van der Waals surface area contributed by atoms with Gasteiger partial charge >= 0.3 is 0 Å². The Bertz CT molecular complexity index is 4190. The summed E-state index contributed by atoms with van der Waals surface area (Å²) in [5.41, 5.74) is 12.9. The van der Waals surface area contributed by atoms with E-state index in [0.29, 0.717) is 5.82 Å². The van der Waals surface area contributed by atoms with Crippen LogP contribution in [0, 0.1) is 0 Å². The van der Waals surface area contributed by atoms with Crippen LogP contribution in [0.5, 0.6) is 0 Å². The van der Waals surface area contributed by atoms with Crippen molar-refractivity contribution in [2.45, 2.75) is 0 Å². The minimum absolute atomic E-state index is 0.647. The Labute approximate surface area is 436 Å². The molecule has 0 fully saturated rings. The Hall–Kier alpha value is -9.68. The van der Waals surface area contributed by atoms with Crippen LogP contribution in [-0.4, -0.2) is 27.2 Å². The maximum absolute atomic E-state index is 5.66. The molecule has 14 rings (SSSR count). The van der Waals surface area contributed by atoms with Gasteiger partial charge < -0.3 is 4.57 Å². The molecule has 0 amide bonds. The van der Waals surface area contributed by atoms with Crippen molar-refractivity contribution in [2.75, 3.05) is 0 Å². The monoisotopic (exact) mass is 972 g/mol. The van der Waals surface area contributed by atoms with Gasteiger partial charge in [-0.3, -0.25) is 4.57 Å². The van der Waals surface area contributed by atoms with E-state index in [-0.39, 0.29) is 0 Å². The van der Waals surface area contributed by atoms with Gasteiger partial charge in [0.25, 0.3) is 0 Å². The third-order valence-corrected chi connectivity index (χ3v) is 19.8. The van der Waals surface area contributed by atoms with Gasteiger partial charge in [-0.05, 0) is 97.6 Å². The van der Waals surface area contributed by atoms with Crippen molar-refractivity contribution in [3.05, 3.63) is 291 Å². The van der Waals surface area contributed by atoms with E-state index < -0.39 is 8.07 Å². The molecule has 0 saturated heterocycles. The number of nitrogens with zero attached hydrogens (tertiary/aromatic N) is 4. The fourth-order valence-corrected chi connectivity index (χ4v) is 16.5. The van der Waals surface area contributed by atoms with Crippen molar-refractivity contribution in [1.82, 2.24) is 19.1 Å². The standard InChI is InChI=1S/C70H48N4Si/c1-6-23-49(24-7-1)52-43-53(50-25-8-2-9-26-50)45-54(44-52)70-71-64(51-27-22-34-59(46-51)75(56-28-10-3-11-29-56,57-30-12-4-13-31-57)58-32-14-5-15-33-58)48-69(72-70)74-67-40-21-18-37-62(67)63-47-55(41-42-68(63)74)73-65-38-19-16-35-60(65)61-36-17-20-39-66(61)73/h1-48H. The second kappa shape index (κ2) is 18.4. The van der Waals surface area contributed by atoms with Crippen molar-refractivity contribution in [3.63, 3.8) is 0 Å². The first-order valence-corrected chi connectivity index (χ1v) is 27.6. The number of aromatic nitrogens is 4. The Balaban J connectivity index is 1.03. The van der Waals surface area contributed by atoms with E-state index in [1.807, 2.05) is 0 Å². The molecule has 0 aliphatic carbocycles. The van der Waals surface area contributed by atoms with Gasteiger partial charge in [-0.25, -0.2) is 9.97 Å². The molecule has 3 heterocycles. The van der Waals surface area contributed by atoms with Gasteiger partial charge in [0.05, 0.1) is 27.8 Å². The van der Waals surface area contributed by atoms with E-state index >= 15 is 0 Å². The summed E-state index contributed by atoms with van der Waals surface area (Å²) in [6.07, 6.45) is 0. The topological polar surface area (TPSA) is 35.6 Å². The van der Waals surface area contributed by atoms with Crippen molar-refractivity contribution >= 4 is 72.4 Å².